The maximum absolute atomic E-state index is 11.5. The number of carbonyl (C=O) groups is 2. The van der Waals surface area contributed by atoms with Gasteiger partial charge < -0.3 is 14.6 Å². The molecule has 1 aromatic rings. The van der Waals surface area contributed by atoms with Crippen molar-refractivity contribution in [2.45, 2.75) is 39.5 Å². The average molecular weight is 362 g/mol. The second-order valence-electron chi connectivity index (χ2n) is 6.06. The molecule has 0 heterocycles. The van der Waals surface area contributed by atoms with Crippen LogP contribution in [0.25, 0.3) is 6.08 Å². The van der Waals surface area contributed by atoms with E-state index in [4.69, 9.17) is 14.6 Å². The molecule has 0 saturated heterocycles. The molecule has 0 atom stereocenters. The molecule has 0 aromatic heterocycles. The Kier molecular flexibility index (Phi) is 13.3. The SMILES string of the molecule is C=CC(=O)O.COc1ccc(/C=C/C(=O)OCCCCCC(C)C)cc1. The molecular formula is C21H30O5. The Labute approximate surface area is 156 Å². The highest BCUT2D eigenvalue weighted by Crippen LogP contribution is 2.12. The Hall–Kier alpha value is -2.56. The molecule has 1 rings (SSSR count). The molecule has 0 aliphatic rings. The predicted molar refractivity (Wildman–Crippen MR) is 104 cm³/mol. The molecule has 0 aliphatic carbocycles. The summed E-state index contributed by atoms with van der Waals surface area (Å²) in [5, 5.41) is 7.60. The molecule has 1 aromatic carbocycles. The number of ether oxygens (including phenoxy) is 2. The van der Waals surface area contributed by atoms with Crippen LogP contribution in [0.4, 0.5) is 0 Å². The van der Waals surface area contributed by atoms with Gasteiger partial charge in [-0.1, -0.05) is 51.8 Å². The van der Waals surface area contributed by atoms with E-state index in [2.05, 4.69) is 20.4 Å². The van der Waals surface area contributed by atoms with E-state index in [0.717, 1.165) is 36.1 Å². The summed E-state index contributed by atoms with van der Waals surface area (Å²) in [7, 11) is 1.63. The fraction of sp³-hybridized carbons (Fsp3) is 0.429. The van der Waals surface area contributed by atoms with Gasteiger partial charge in [0, 0.05) is 12.2 Å². The molecule has 0 fully saturated rings. The molecule has 5 heteroatoms. The molecule has 0 aliphatic heterocycles. The standard InChI is InChI=1S/C18H26O3.C3H4O2/c1-15(2)7-5-4-6-14-21-18(19)13-10-16-8-11-17(20-3)12-9-16;1-2-3(4)5/h8-13,15H,4-7,14H2,1-3H3;2H,1H2,(H,4,5)/b13-10+;. The van der Waals surface area contributed by atoms with Crippen molar-refractivity contribution in [3.63, 3.8) is 0 Å². The molecular weight excluding hydrogens is 332 g/mol. The largest absolute Gasteiger partial charge is 0.497 e. The highest BCUT2D eigenvalue weighted by Gasteiger charge is 1.98. The number of carboxylic acids is 1. The first kappa shape index (κ1) is 23.4. The predicted octanol–water partition coefficient (Wildman–Crippen LogP) is 4.73. The third kappa shape index (κ3) is 13.8. The maximum Gasteiger partial charge on any atom is 0.330 e. The zero-order valence-electron chi connectivity index (χ0n) is 15.9. The normalized spacial score (nSPS) is 10.2. The van der Waals surface area contributed by atoms with Gasteiger partial charge in [-0.05, 0) is 36.1 Å². The van der Waals surface area contributed by atoms with Gasteiger partial charge in [-0.2, -0.15) is 0 Å². The van der Waals surface area contributed by atoms with Crippen molar-refractivity contribution in [3.05, 3.63) is 48.6 Å². The number of methoxy groups -OCH3 is 1. The quantitative estimate of drug-likeness (QED) is 0.370. The number of carboxylic acid groups (broad SMARTS) is 1. The van der Waals surface area contributed by atoms with Gasteiger partial charge in [0.1, 0.15) is 5.75 Å². The number of hydrogen-bond acceptors (Lipinski definition) is 4. The van der Waals surface area contributed by atoms with Crippen LogP contribution in [-0.4, -0.2) is 30.8 Å². The molecule has 5 nitrogen and oxygen atoms in total. The highest BCUT2D eigenvalue weighted by atomic mass is 16.5. The first-order valence-corrected chi connectivity index (χ1v) is 8.73. The Balaban J connectivity index is 0.00000110. The molecule has 0 saturated carbocycles. The van der Waals surface area contributed by atoms with E-state index < -0.39 is 5.97 Å². The number of esters is 1. The van der Waals surface area contributed by atoms with Crippen molar-refractivity contribution >= 4 is 18.0 Å². The lowest BCUT2D eigenvalue weighted by molar-refractivity contribution is -0.137. The van der Waals surface area contributed by atoms with Gasteiger partial charge in [0.05, 0.1) is 13.7 Å². The number of unbranched alkanes of at least 4 members (excludes halogenated alkanes) is 2. The van der Waals surface area contributed by atoms with E-state index in [1.807, 2.05) is 24.3 Å². The van der Waals surface area contributed by atoms with E-state index in [-0.39, 0.29) is 5.97 Å². The van der Waals surface area contributed by atoms with Crippen LogP contribution in [0, 0.1) is 5.92 Å². The molecule has 0 spiro atoms. The fourth-order valence-corrected chi connectivity index (χ4v) is 1.93. The lowest BCUT2D eigenvalue weighted by Gasteiger charge is -2.04. The smallest absolute Gasteiger partial charge is 0.330 e. The Morgan fingerprint density at radius 3 is 2.27 bits per heavy atom. The fourth-order valence-electron chi connectivity index (χ4n) is 1.93. The topological polar surface area (TPSA) is 72.8 Å². The minimum atomic E-state index is -0.981. The lowest BCUT2D eigenvalue weighted by atomic mass is 10.1. The van der Waals surface area contributed by atoms with Gasteiger partial charge in [0.25, 0.3) is 0 Å². The van der Waals surface area contributed by atoms with Crippen molar-refractivity contribution in [2.24, 2.45) is 5.92 Å². The number of aliphatic carboxylic acids is 1. The highest BCUT2D eigenvalue weighted by molar-refractivity contribution is 5.87. The monoisotopic (exact) mass is 362 g/mol. The summed E-state index contributed by atoms with van der Waals surface area (Å²) in [6.45, 7) is 7.92. The van der Waals surface area contributed by atoms with Gasteiger partial charge in [0.15, 0.2) is 0 Å². The zero-order chi connectivity index (χ0) is 19.8. The van der Waals surface area contributed by atoms with Gasteiger partial charge in [-0.25, -0.2) is 9.59 Å². The molecule has 0 amide bonds. The van der Waals surface area contributed by atoms with E-state index in [1.54, 1.807) is 13.2 Å². The minimum Gasteiger partial charge on any atom is -0.497 e. The average Bonchev–Trinajstić information content (AvgIpc) is 2.63. The summed E-state index contributed by atoms with van der Waals surface area (Å²) >= 11 is 0. The summed E-state index contributed by atoms with van der Waals surface area (Å²) in [6, 6.07) is 7.52. The summed E-state index contributed by atoms with van der Waals surface area (Å²) in [6.07, 6.45) is 8.56. The Bertz CT molecular complexity index is 558. The van der Waals surface area contributed by atoms with Crippen LogP contribution in [0.2, 0.25) is 0 Å². The lowest BCUT2D eigenvalue weighted by Crippen LogP contribution is -2.02. The van der Waals surface area contributed by atoms with Crippen LogP contribution in [0.1, 0.15) is 45.1 Å². The first-order chi connectivity index (χ1) is 12.4. The summed E-state index contributed by atoms with van der Waals surface area (Å²) in [5.74, 6) is 0.288. The van der Waals surface area contributed by atoms with Crippen molar-refractivity contribution in [1.29, 1.82) is 0 Å². The third-order valence-electron chi connectivity index (χ3n) is 3.37. The summed E-state index contributed by atoms with van der Waals surface area (Å²) in [5.41, 5.74) is 0.949. The Morgan fingerprint density at radius 1 is 1.15 bits per heavy atom. The first-order valence-electron chi connectivity index (χ1n) is 8.73. The van der Waals surface area contributed by atoms with Gasteiger partial charge in [0.2, 0.25) is 0 Å². The van der Waals surface area contributed by atoms with Gasteiger partial charge in [-0.3, -0.25) is 0 Å². The van der Waals surface area contributed by atoms with Crippen molar-refractivity contribution in [1.82, 2.24) is 0 Å². The van der Waals surface area contributed by atoms with Crippen molar-refractivity contribution < 1.29 is 24.2 Å². The molecule has 0 bridgehead atoms. The zero-order valence-corrected chi connectivity index (χ0v) is 15.9. The van der Waals surface area contributed by atoms with Crippen LogP contribution in [0.5, 0.6) is 5.75 Å². The van der Waals surface area contributed by atoms with Crippen LogP contribution in [0.3, 0.4) is 0 Å². The van der Waals surface area contributed by atoms with Gasteiger partial charge in [-0.15, -0.1) is 0 Å². The van der Waals surface area contributed by atoms with Crippen LogP contribution >= 0.6 is 0 Å². The van der Waals surface area contributed by atoms with Crippen molar-refractivity contribution in [2.75, 3.05) is 13.7 Å². The third-order valence-corrected chi connectivity index (χ3v) is 3.37. The maximum atomic E-state index is 11.5. The van der Waals surface area contributed by atoms with Crippen molar-refractivity contribution in [3.8, 4) is 5.75 Å². The molecule has 26 heavy (non-hydrogen) atoms. The van der Waals surface area contributed by atoms with Crippen LogP contribution in [-0.2, 0) is 14.3 Å². The Morgan fingerprint density at radius 2 is 1.77 bits per heavy atom. The van der Waals surface area contributed by atoms with E-state index >= 15 is 0 Å². The summed E-state index contributed by atoms with van der Waals surface area (Å²) in [4.78, 5) is 20.8. The molecule has 0 unspecified atom stereocenters. The second kappa shape index (κ2) is 14.8. The molecule has 0 radical (unpaired) electrons. The molecule has 1 N–H and O–H groups in total. The number of carbonyl (C=O) groups excluding carboxylic acids is 1. The molecule has 144 valence electrons. The van der Waals surface area contributed by atoms with Crippen LogP contribution < -0.4 is 4.74 Å². The van der Waals surface area contributed by atoms with Gasteiger partial charge >= 0.3 is 11.9 Å². The number of benzene rings is 1. The van der Waals surface area contributed by atoms with E-state index in [9.17, 15) is 9.59 Å². The minimum absolute atomic E-state index is 0.283. The number of rotatable bonds is 10. The second-order valence-corrected chi connectivity index (χ2v) is 6.06. The van der Waals surface area contributed by atoms with E-state index in [1.165, 1.54) is 18.9 Å². The van der Waals surface area contributed by atoms with E-state index in [0.29, 0.717) is 6.61 Å². The number of hydrogen-bond donors (Lipinski definition) is 1. The van der Waals surface area contributed by atoms with Crippen LogP contribution in [0.15, 0.2) is 43.0 Å². The summed E-state index contributed by atoms with van der Waals surface area (Å²) < 4.78 is 10.2.